The van der Waals surface area contributed by atoms with Crippen molar-refractivity contribution in [2.24, 2.45) is 0 Å². The molecule has 1 aromatic carbocycles. The summed E-state index contributed by atoms with van der Waals surface area (Å²) in [6.07, 6.45) is 0. The highest BCUT2D eigenvalue weighted by Crippen LogP contribution is 2.29. The summed E-state index contributed by atoms with van der Waals surface area (Å²) in [7, 11) is 0. The summed E-state index contributed by atoms with van der Waals surface area (Å²) in [6.45, 7) is 4.70. The first-order valence-corrected chi connectivity index (χ1v) is 9.50. The predicted molar refractivity (Wildman–Crippen MR) is 97.4 cm³/mol. The lowest BCUT2D eigenvalue weighted by Gasteiger charge is -2.16. The second-order valence-electron chi connectivity index (χ2n) is 5.31. The Morgan fingerprint density at radius 1 is 1.46 bits per heavy atom. The molecular weight excluding hydrogens is 364 g/mol. The van der Waals surface area contributed by atoms with Gasteiger partial charge in [0.2, 0.25) is 5.91 Å². The van der Waals surface area contributed by atoms with Gasteiger partial charge in [0.15, 0.2) is 8.29 Å². The smallest absolute Gasteiger partial charge is 0.324 e. The van der Waals surface area contributed by atoms with Crippen molar-refractivity contribution >= 4 is 47.3 Å². The summed E-state index contributed by atoms with van der Waals surface area (Å²) in [5.41, 5.74) is 2.01. The molecule has 0 aliphatic carbocycles. The molecule has 0 unspecified atom stereocenters. The monoisotopic (exact) mass is 380 g/mol. The number of nitrogens with one attached hydrogen (secondary N) is 1. The van der Waals surface area contributed by atoms with Gasteiger partial charge in [-0.3, -0.25) is 9.69 Å². The third kappa shape index (κ3) is 3.38. The van der Waals surface area contributed by atoms with Crippen molar-refractivity contribution in [2.45, 2.75) is 23.4 Å². The van der Waals surface area contributed by atoms with Gasteiger partial charge < -0.3 is 5.32 Å². The molecule has 0 saturated carbocycles. The van der Waals surface area contributed by atoms with Crippen molar-refractivity contribution in [3.63, 3.8) is 0 Å². The average Bonchev–Trinajstić information content (AvgIpc) is 3.13. The Labute approximate surface area is 152 Å². The van der Waals surface area contributed by atoms with E-state index in [1.165, 1.54) is 28.0 Å². The third-order valence-corrected chi connectivity index (χ3v) is 6.02. The number of carbonyl (C=O) groups is 2. The van der Waals surface area contributed by atoms with Crippen LogP contribution in [0.25, 0.3) is 5.69 Å². The van der Waals surface area contributed by atoms with Crippen LogP contribution >= 0.6 is 35.3 Å². The Morgan fingerprint density at radius 2 is 2.21 bits per heavy atom. The zero-order valence-electron chi connectivity index (χ0n) is 13.2. The van der Waals surface area contributed by atoms with Gasteiger partial charge in [0, 0.05) is 13.1 Å². The Hall–Kier alpha value is -1.71. The minimum atomic E-state index is -0.403. The quantitative estimate of drug-likeness (QED) is 0.652. The van der Waals surface area contributed by atoms with Crippen LogP contribution in [0, 0.1) is 10.9 Å². The second-order valence-corrected chi connectivity index (χ2v) is 8.52. The number of nitrogens with zero attached hydrogens (tertiary/aromatic N) is 3. The van der Waals surface area contributed by atoms with E-state index in [4.69, 9.17) is 12.2 Å². The molecule has 3 amide bonds. The molecule has 1 N–H and O–H groups in total. The van der Waals surface area contributed by atoms with E-state index in [-0.39, 0.29) is 11.9 Å². The highest BCUT2D eigenvalue weighted by Gasteiger charge is 2.30. The molecule has 24 heavy (non-hydrogen) atoms. The van der Waals surface area contributed by atoms with E-state index in [0.717, 1.165) is 11.3 Å². The van der Waals surface area contributed by atoms with E-state index < -0.39 is 5.25 Å². The Morgan fingerprint density at radius 3 is 2.88 bits per heavy atom. The number of amides is 3. The summed E-state index contributed by atoms with van der Waals surface area (Å²) < 4.78 is 3.06. The summed E-state index contributed by atoms with van der Waals surface area (Å²) >= 11 is 8.10. The van der Waals surface area contributed by atoms with Crippen LogP contribution in [-0.4, -0.2) is 45.0 Å². The van der Waals surface area contributed by atoms with Gasteiger partial charge in [-0.25, -0.2) is 9.48 Å². The second kappa shape index (κ2) is 7.04. The van der Waals surface area contributed by atoms with Crippen LogP contribution in [0.1, 0.15) is 12.5 Å². The molecule has 0 spiro atoms. The molecular formula is C15H16N4O2S3. The summed E-state index contributed by atoms with van der Waals surface area (Å²) in [6, 6.07) is 7.54. The van der Waals surface area contributed by atoms with Crippen molar-refractivity contribution in [3.8, 4) is 5.69 Å². The molecule has 1 aliphatic heterocycles. The van der Waals surface area contributed by atoms with Crippen molar-refractivity contribution in [1.29, 1.82) is 0 Å². The molecule has 1 aliphatic rings. The molecule has 0 radical (unpaired) electrons. The van der Waals surface area contributed by atoms with Gasteiger partial charge in [0.05, 0.1) is 10.9 Å². The summed E-state index contributed by atoms with van der Waals surface area (Å²) in [4.78, 5) is 25.2. The number of para-hydroxylation sites is 1. The van der Waals surface area contributed by atoms with E-state index in [1.54, 1.807) is 11.6 Å². The topological polar surface area (TPSA) is 67.2 Å². The van der Waals surface area contributed by atoms with Gasteiger partial charge in [-0.05, 0) is 37.7 Å². The van der Waals surface area contributed by atoms with Gasteiger partial charge >= 0.3 is 6.03 Å². The number of rotatable bonds is 4. The number of urea groups is 1. The van der Waals surface area contributed by atoms with Crippen LogP contribution in [0.15, 0.2) is 28.6 Å². The number of aromatic nitrogens is 2. The lowest BCUT2D eigenvalue weighted by Crippen LogP contribution is -2.38. The number of hydrogen-bond acceptors (Lipinski definition) is 6. The van der Waals surface area contributed by atoms with Crippen LogP contribution in [0.2, 0.25) is 0 Å². The van der Waals surface area contributed by atoms with Gasteiger partial charge in [0.1, 0.15) is 0 Å². The first-order chi connectivity index (χ1) is 11.5. The van der Waals surface area contributed by atoms with E-state index >= 15 is 0 Å². The van der Waals surface area contributed by atoms with E-state index in [9.17, 15) is 9.59 Å². The number of imide groups is 1. The average molecular weight is 381 g/mol. The molecule has 9 heteroatoms. The standard InChI is InChI=1S/C15H16N4O2S3/c1-9-5-3-4-6-11(9)19-15(22)24-14(17-19)23-10(2)12(20)18-8-7-16-13(18)21/h3-6,10H,7-8H2,1-2H3,(H,16,21)/t10-/m0/s1. The van der Waals surface area contributed by atoms with Crippen molar-refractivity contribution in [1.82, 2.24) is 20.0 Å². The van der Waals surface area contributed by atoms with E-state index in [2.05, 4.69) is 10.4 Å². The van der Waals surface area contributed by atoms with Gasteiger partial charge in [0.25, 0.3) is 0 Å². The maximum atomic E-state index is 12.4. The molecule has 2 heterocycles. The lowest BCUT2D eigenvalue weighted by atomic mass is 10.2. The Balaban J connectivity index is 1.78. The van der Waals surface area contributed by atoms with Crippen LogP contribution in [0.5, 0.6) is 0 Å². The predicted octanol–water partition coefficient (Wildman–Crippen LogP) is 3.00. The van der Waals surface area contributed by atoms with Gasteiger partial charge in [-0.15, -0.1) is 5.10 Å². The zero-order chi connectivity index (χ0) is 17.3. The maximum absolute atomic E-state index is 12.4. The SMILES string of the molecule is Cc1ccccc1-n1nc(S[C@@H](C)C(=O)N2CCNC2=O)sc1=S. The van der Waals surface area contributed by atoms with Crippen molar-refractivity contribution in [2.75, 3.05) is 13.1 Å². The lowest BCUT2D eigenvalue weighted by molar-refractivity contribution is -0.126. The van der Waals surface area contributed by atoms with Crippen LogP contribution in [0.4, 0.5) is 4.79 Å². The van der Waals surface area contributed by atoms with Crippen molar-refractivity contribution < 1.29 is 9.59 Å². The molecule has 3 rings (SSSR count). The molecule has 1 atom stereocenters. The molecule has 2 aromatic rings. The van der Waals surface area contributed by atoms with E-state index in [0.29, 0.717) is 21.4 Å². The minimum absolute atomic E-state index is 0.210. The van der Waals surface area contributed by atoms with Crippen LogP contribution in [0.3, 0.4) is 0 Å². The fourth-order valence-electron chi connectivity index (χ4n) is 2.36. The first-order valence-electron chi connectivity index (χ1n) is 7.39. The zero-order valence-corrected chi connectivity index (χ0v) is 15.6. The normalized spacial score (nSPS) is 15.4. The minimum Gasteiger partial charge on any atom is -0.336 e. The molecule has 0 bridgehead atoms. The maximum Gasteiger partial charge on any atom is 0.324 e. The first kappa shape index (κ1) is 17.1. The van der Waals surface area contributed by atoms with Gasteiger partial charge in [-0.2, -0.15) is 0 Å². The number of carbonyl (C=O) groups excluding carboxylic acids is 2. The van der Waals surface area contributed by atoms with Crippen LogP contribution < -0.4 is 5.32 Å². The Kier molecular flexibility index (Phi) is 5.02. The number of benzene rings is 1. The summed E-state index contributed by atoms with van der Waals surface area (Å²) in [5.74, 6) is -0.210. The molecule has 1 saturated heterocycles. The van der Waals surface area contributed by atoms with E-state index in [1.807, 2.05) is 31.2 Å². The van der Waals surface area contributed by atoms with Crippen molar-refractivity contribution in [3.05, 3.63) is 33.8 Å². The number of hydrogen-bond donors (Lipinski definition) is 1. The Bertz CT molecular complexity index is 845. The fourth-order valence-corrected chi connectivity index (χ4v) is 4.92. The molecule has 1 fully saturated rings. The van der Waals surface area contributed by atoms with Crippen LogP contribution in [-0.2, 0) is 4.79 Å². The highest BCUT2D eigenvalue weighted by molar-refractivity contribution is 8.02. The number of aryl methyl sites for hydroxylation is 1. The largest absolute Gasteiger partial charge is 0.336 e. The molecule has 126 valence electrons. The fraction of sp³-hybridized carbons (Fsp3) is 0.333. The summed E-state index contributed by atoms with van der Waals surface area (Å²) in [5, 5.41) is 6.76. The van der Waals surface area contributed by atoms with Gasteiger partial charge in [-0.1, -0.05) is 41.3 Å². The molecule has 6 nitrogen and oxygen atoms in total. The molecule has 1 aromatic heterocycles. The number of thioether (sulfide) groups is 1. The third-order valence-electron chi connectivity index (χ3n) is 3.62. The highest BCUT2D eigenvalue weighted by atomic mass is 32.2.